The van der Waals surface area contributed by atoms with Crippen LogP contribution in [0, 0.1) is 13.8 Å². The summed E-state index contributed by atoms with van der Waals surface area (Å²) in [6.07, 6.45) is 0.379. The molecule has 0 atom stereocenters. The van der Waals surface area contributed by atoms with Crippen LogP contribution in [0.25, 0.3) is 0 Å². The van der Waals surface area contributed by atoms with Crippen LogP contribution < -0.4 is 16.4 Å². The molecule has 1 amide bonds. The van der Waals surface area contributed by atoms with Gasteiger partial charge >= 0.3 is 0 Å². The Balaban J connectivity index is 2.73. The Hall–Kier alpha value is -1.69. The molecule has 0 aliphatic rings. The Labute approximate surface area is 125 Å². The molecule has 1 aromatic heterocycles. The Kier molecular flexibility index (Phi) is 5.88. The van der Waals surface area contributed by atoms with Crippen LogP contribution in [0.1, 0.15) is 37.1 Å². The maximum atomic E-state index is 11.6. The summed E-state index contributed by atoms with van der Waals surface area (Å²) in [6.45, 7) is 8.21. The standard InChI is InChI=1S/C14H22N4OS/c1-8(2)17-11(19)5-6-16-14-12(13(15)20)9(3)7-10(4)18-14/h7-8H,5-6H2,1-4H3,(H2,15,20)(H,16,18)(H,17,19). The third kappa shape index (κ3) is 4.77. The molecule has 1 rings (SSSR count). The molecule has 0 saturated carbocycles. The van der Waals surface area contributed by atoms with Crippen LogP contribution in [0.15, 0.2) is 6.07 Å². The van der Waals surface area contributed by atoms with Gasteiger partial charge in [0, 0.05) is 24.7 Å². The number of hydrogen-bond acceptors (Lipinski definition) is 4. The minimum absolute atomic E-state index is 0.00810. The average molecular weight is 294 g/mol. The summed E-state index contributed by atoms with van der Waals surface area (Å²) >= 11 is 5.06. The molecule has 0 unspecified atom stereocenters. The van der Waals surface area contributed by atoms with E-state index >= 15 is 0 Å². The number of aryl methyl sites for hydroxylation is 2. The van der Waals surface area contributed by atoms with Crippen LogP contribution >= 0.6 is 12.2 Å². The molecule has 1 aromatic rings. The monoisotopic (exact) mass is 294 g/mol. The Morgan fingerprint density at radius 3 is 2.65 bits per heavy atom. The highest BCUT2D eigenvalue weighted by Crippen LogP contribution is 2.18. The van der Waals surface area contributed by atoms with E-state index in [4.69, 9.17) is 18.0 Å². The van der Waals surface area contributed by atoms with Gasteiger partial charge in [0.2, 0.25) is 5.91 Å². The number of pyridine rings is 1. The summed E-state index contributed by atoms with van der Waals surface area (Å²) < 4.78 is 0. The van der Waals surface area contributed by atoms with Crippen molar-refractivity contribution in [2.45, 2.75) is 40.2 Å². The molecular formula is C14H22N4OS. The lowest BCUT2D eigenvalue weighted by molar-refractivity contribution is -0.121. The molecule has 0 aliphatic heterocycles. The molecule has 0 aliphatic carbocycles. The fourth-order valence-electron chi connectivity index (χ4n) is 1.96. The molecule has 0 aromatic carbocycles. The molecule has 1 heterocycles. The van der Waals surface area contributed by atoms with Gasteiger partial charge in [0.25, 0.3) is 0 Å². The molecule has 6 heteroatoms. The van der Waals surface area contributed by atoms with E-state index in [1.807, 2.05) is 33.8 Å². The van der Waals surface area contributed by atoms with Crippen molar-refractivity contribution in [2.24, 2.45) is 5.73 Å². The van der Waals surface area contributed by atoms with Gasteiger partial charge in [0.1, 0.15) is 10.8 Å². The summed E-state index contributed by atoms with van der Waals surface area (Å²) in [5, 5.41) is 5.98. The number of carbonyl (C=O) groups excluding carboxylic acids is 1. The first-order valence-corrected chi connectivity index (χ1v) is 7.03. The lowest BCUT2D eigenvalue weighted by Gasteiger charge is -2.14. The van der Waals surface area contributed by atoms with E-state index in [2.05, 4.69) is 15.6 Å². The molecule has 110 valence electrons. The first-order chi connectivity index (χ1) is 9.31. The zero-order valence-electron chi connectivity index (χ0n) is 12.4. The molecule has 20 heavy (non-hydrogen) atoms. The van der Waals surface area contributed by atoms with Crippen LogP contribution in [0.5, 0.6) is 0 Å². The third-order valence-electron chi connectivity index (χ3n) is 2.69. The molecule has 0 radical (unpaired) electrons. The largest absolute Gasteiger partial charge is 0.389 e. The lowest BCUT2D eigenvalue weighted by Crippen LogP contribution is -2.31. The van der Waals surface area contributed by atoms with Crippen LogP contribution in [-0.4, -0.2) is 28.5 Å². The SMILES string of the molecule is Cc1cc(C)c(C(N)=S)c(NCCC(=O)NC(C)C)n1. The van der Waals surface area contributed by atoms with Crippen LogP contribution in [0.4, 0.5) is 5.82 Å². The number of hydrogen-bond donors (Lipinski definition) is 3. The number of nitrogens with zero attached hydrogens (tertiary/aromatic N) is 1. The van der Waals surface area contributed by atoms with E-state index in [9.17, 15) is 4.79 Å². The number of thiocarbonyl (C=S) groups is 1. The van der Waals surface area contributed by atoms with Crippen LogP contribution in [0.3, 0.4) is 0 Å². The van der Waals surface area contributed by atoms with Gasteiger partial charge in [-0.1, -0.05) is 12.2 Å². The molecular weight excluding hydrogens is 272 g/mol. The molecule has 5 nitrogen and oxygen atoms in total. The average Bonchev–Trinajstić information content (AvgIpc) is 2.25. The first-order valence-electron chi connectivity index (χ1n) is 6.62. The van der Waals surface area contributed by atoms with Gasteiger partial charge in [-0.05, 0) is 39.3 Å². The number of rotatable bonds is 6. The second kappa shape index (κ2) is 7.19. The van der Waals surface area contributed by atoms with Crippen molar-refractivity contribution in [3.8, 4) is 0 Å². The summed E-state index contributed by atoms with van der Waals surface area (Å²) in [5.74, 6) is 0.654. The Morgan fingerprint density at radius 2 is 2.10 bits per heavy atom. The van der Waals surface area contributed by atoms with E-state index in [1.165, 1.54) is 0 Å². The van der Waals surface area contributed by atoms with Crippen molar-refractivity contribution in [1.29, 1.82) is 0 Å². The van der Waals surface area contributed by atoms with Crippen molar-refractivity contribution >= 4 is 28.9 Å². The molecule has 4 N–H and O–H groups in total. The van der Waals surface area contributed by atoms with E-state index in [-0.39, 0.29) is 11.9 Å². The number of aromatic nitrogens is 1. The van der Waals surface area contributed by atoms with E-state index in [0.717, 1.165) is 16.8 Å². The lowest BCUT2D eigenvalue weighted by atomic mass is 10.1. The van der Waals surface area contributed by atoms with Gasteiger partial charge in [-0.3, -0.25) is 4.79 Å². The number of nitrogens with two attached hydrogens (primary N) is 1. The minimum Gasteiger partial charge on any atom is -0.389 e. The van der Waals surface area contributed by atoms with Crippen molar-refractivity contribution in [2.75, 3.05) is 11.9 Å². The predicted octanol–water partition coefficient (Wildman–Crippen LogP) is 1.66. The molecule has 0 saturated heterocycles. The fraction of sp³-hybridized carbons (Fsp3) is 0.500. The summed E-state index contributed by atoms with van der Waals surface area (Å²) in [5.41, 5.74) is 8.35. The number of anilines is 1. The Morgan fingerprint density at radius 1 is 1.45 bits per heavy atom. The van der Waals surface area contributed by atoms with Crippen molar-refractivity contribution in [3.05, 3.63) is 22.9 Å². The molecule has 0 spiro atoms. The topological polar surface area (TPSA) is 80.0 Å². The van der Waals surface area contributed by atoms with Gasteiger partial charge in [-0.25, -0.2) is 4.98 Å². The summed E-state index contributed by atoms with van der Waals surface area (Å²) in [4.78, 5) is 16.3. The van der Waals surface area contributed by atoms with E-state index < -0.39 is 0 Å². The smallest absolute Gasteiger partial charge is 0.221 e. The van der Waals surface area contributed by atoms with Gasteiger partial charge in [0.05, 0.1) is 5.56 Å². The summed E-state index contributed by atoms with van der Waals surface area (Å²) in [7, 11) is 0. The highest BCUT2D eigenvalue weighted by molar-refractivity contribution is 7.80. The number of amides is 1. The Bertz CT molecular complexity index is 514. The number of carbonyl (C=O) groups is 1. The highest BCUT2D eigenvalue weighted by Gasteiger charge is 2.11. The van der Waals surface area contributed by atoms with Gasteiger partial charge in [-0.15, -0.1) is 0 Å². The normalized spacial score (nSPS) is 10.4. The van der Waals surface area contributed by atoms with Crippen LogP contribution in [0.2, 0.25) is 0 Å². The van der Waals surface area contributed by atoms with Crippen molar-refractivity contribution in [1.82, 2.24) is 10.3 Å². The van der Waals surface area contributed by atoms with Crippen molar-refractivity contribution in [3.63, 3.8) is 0 Å². The van der Waals surface area contributed by atoms with E-state index in [1.54, 1.807) is 0 Å². The maximum absolute atomic E-state index is 11.6. The maximum Gasteiger partial charge on any atom is 0.221 e. The minimum atomic E-state index is 0.00810. The quantitative estimate of drug-likeness (QED) is 0.695. The summed E-state index contributed by atoms with van der Waals surface area (Å²) in [6, 6.07) is 2.08. The third-order valence-corrected chi connectivity index (χ3v) is 2.89. The van der Waals surface area contributed by atoms with Gasteiger partial charge < -0.3 is 16.4 Å². The first kappa shape index (κ1) is 16.4. The second-order valence-electron chi connectivity index (χ2n) is 5.07. The second-order valence-corrected chi connectivity index (χ2v) is 5.51. The molecule has 0 bridgehead atoms. The zero-order valence-corrected chi connectivity index (χ0v) is 13.2. The van der Waals surface area contributed by atoms with E-state index in [0.29, 0.717) is 23.8 Å². The zero-order chi connectivity index (χ0) is 15.3. The van der Waals surface area contributed by atoms with Gasteiger partial charge in [0.15, 0.2) is 0 Å². The van der Waals surface area contributed by atoms with Crippen molar-refractivity contribution < 1.29 is 4.79 Å². The van der Waals surface area contributed by atoms with Gasteiger partial charge in [-0.2, -0.15) is 0 Å². The van der Waals surface area contributed by atoms with Crippen LogP contribution in [-0.2, 0) is 4.79 Å². The fourth-order valence-corrected chi connectivity index (χ4v) is 2.22. The predicted molar refractivity (Wildman–Crippen MR) is 86.0 cm³/mol. The highest BCUT2D eigenvalue weighted by atomic mass is 32.1. The number of nitrogens with one attached hydrogen (secondary N) is 2. The molecule has 0 fully saturated rings.